The van der Waals surface area contributed by atoms with Gasteiger partial charge in [0, 0.05) is 19.3 Å². The maximum atomic E-state index is 12.9. The van der Waals surface area contributed by atoms with Crippen LogP contribution in [0, 0.1) is 0 Å². The quantitative estimate of drug-likeness (QED) is 0.0261. The number of carbonyl (C=O) groups excluding carboxylic acids is 3. The number of rotatable bonds is 57. The molecule has 79 heavy (non-hydrogen) atoms. The van der Waals surface area contributed by atoms with Gasteiger partial charge in [-0.1, -0.05) is 269 Å². The number of allylic oxidation sites excluding steroid dienone is 24. The van der Waals surface area contributed by atoms with Crippen molar-refractivity contribution in [2.75, 3.05) is 13.2 Å². The zero-order valence-electron chi connectivity index (χ0n) is 51.1. The molecule has 0 aromatic rings. The van der Waals surface area contributed by atoms with Crippen LogP contribution in [0.4, 0.5) is 0 Å². The monoisotopic (exact) mass is 1090 g/mol. The Hall–Kier alpha value is -4.71. The van der Waals surface area contributed by atoms with E-state index in [0.717, 1.165) is 128 Å². The van der Waals surface area contributed by atoms with Crippen LogP contribution in [0.3, 0.4) is 0 Å². The summed E-state index contributed by atoms with van der Waals surface area (Å²) in [7, 11) is 0. The summed E-state index contributed by atoms with van der Waals surface area (Å²) in [6.07, 6.45) is 94.3. The SMILES string of the molecule is CC/C=C\C/C=C\C/C=C\C/C=C\C/C=C\C/C=C\CCC(=O)OCC(COC(=O)CCCCCCCC/C=C\C/C=C\C/C=C\CCCCCCC)OC(=O)CCCCCCCC/C=C\C/C=C\C/C=C\CCCCCCC. The van der Waals surface area contributed by atoms with Crippen LogP contribution >= 0.6 is 0 Å². The molecule has 6 nitrogen and oxygen atoms in total. The van der Waals surface area contributed by atoms with Gasteiger partial charge in [0.25, 0.3) is 0 Å². The highest BCUT2D eigenvalue weighted by molar-refractivity contribution is 5.71. The maximum absolute atomic E-state index is 12.9. The molecule has 0 bridgehead atoms. The molecule has 0 fully saturated rings. The average molecular weight is 1090 g/mol. The molecule has 0 aliphatic heterocycles. The Kier molecular flexibility index (Phi) is 61.9. The van der Waals surface area contributed by atoms with Crippen LogP contribution in [0.5, 0.6) is 0 Å². The first-order valence-electron chi connectivity index (χ1n) is 32.3. The van der Waals surface area contributed by atoms with Crippen LogP contribution in [0.25, 0.3) is 0 Å². The Morgan fingerprint density at radius 2 is 0.519 bits per heavy atom. The van der Waals surface area contributed by atoms with Gasteiger partial charge >= 0.3 is 17.9 Å². The fraction of sp³-hybridized carbons (Fsp3) is 0.630. The van der Waals surface area contributed by atoms with Crippen LogP contribution in [-0.4, -0.2) is 37.2 Å². The number of hydrogen-bond acceptors (Lipinski definition) is 6. The molecule has 0 heterocycles. The van der Waals surface area contributed by atoms with Gasteiger partial charge in [-0.15, -0.1) is 0 Å². The largest absolute Gasteiger partial charge is 0.462 e. The minimum atomic E-state index is -0.830. The molecule has 6 heteroatoms. The van der Waals surface area contributed by atoms with Crippen molar-refractivity contribution in [2.45, 2.75) is 284 Å². The molecular weight excluding hydrogens is 973 g/mol. The molecule has 0 aromatic heterocycles. The van der Waals surface area contributed by atoms with Gasteiger partial charge in [0.05, 0.1) is 0 Å². The standard InChI is InChI=1S/C73H118O6/c1-4-7-10-13-16-19-22-25-28-31-34-36-39-42-45-48-51-54-57-60-63-66-72(75)78-69-70(68-77-71(74)65-62-59-56-53-50-47-44-41-38-33-30-27-24-21-18-15-12-9-6-3)79-73(76)67-64-61-58-55-52-49-46-43-40-37-35-32-29-26-23-20-17-14-11-8-5-2/h9,12,18,21-23,25-27,30-32,34-35,38-43,47,50,56,59,70H,4-8,10-11,13-17,19-20,24,28-29,33,36-37,44-46,48-49,51-55,57-58,60-69H2,1-3H3/b12-9-,21-18-,25-22-,26-23-,30-27-,34-31-,35-32-,41-38-,42-39-,43-40-,50-47-,59-56-. The smallest absolute Gasteiger partial charge is 0.306 e. The van der Waals surface area contributed by atoms with E-state index in [1.165, 1.54) is 103 Å². The van der Waals surface area contributed by atoms with E-state index in [0.29, 0.717) is 12.8 Å². The fourth-order valence-corrected chi connectivity index (χ4v) is 8.48. The van der Waals surface area contributed by atoms with Gasteiger partial charge in [0.1, 0.15) is 13.2 Å². The Morgan fingerprint density at radius 1 is 0.266 bits per heavy atom. The number of hydrogen-bond donors (Lipinski definition) is 0. The van der Waals surface area contributed by atoms with Crippen molar-refractivity contribution in [2.24, 2.45) is 0 Å². The van der Waals surface area contributed by atoms with Gasteiger partial charge in [0.15, 0.2) is 6.10 Å². The van der Waals surface area contributed by atoms with E-state index in [4.69, 9.17) is 14.2 Å². The molecule has 446 valence electrons. The Morgan fingerprint density at radius 3 is 0.848 bits per heavy atom. The first kappa shape index (κ1) is 74.3. The molecule has 0 saturated heterocycles. The highest BCUT2D eigenvalue weighted by atomic mass is 16.6. The van der Waals surface area contributed by atoms with Crippen LogP contribution in [0.15, 0.2) is 146 Å². The van der Waals surface area contributed by atoms with Gasteiger partial charge in [0.2, 0.25) is 0 Å². The summed E-state index contributed by atoms with van der Waals surface area (Å²) < 4.78 is 16.8. The summed E-state index contributed by atoms with van der Waals surface area (Å²) >= 11 is 0. The third kappa shape index (κ3) is 64.0. The first-order valence-corrected chi connectivity index (χ1v) is 32.3. The summed E-state index contributed by atoms with van der Waals surface area (Å²) in [6, 6.07) is 0. The van der Waals surface area contributed by atoms with Crippen molar-refractivity contribution in [3.8, 4) is 0 Å². The molecule has 0 aliphatic carbocycles. The molecule has 0 radical (unpaired) electrons. The summed E-state index contributed by atoms with van der Waals surface area (Å²) in [5.41, 5.74) is 0. The average Bonchev–Trinajstić information content (AvgIpc) is 3.45. The fourth-order valence-electron chi connectivity index (χ4n) is 8.48. The number of esters is 3. The van der Waals surface area contributed by atoms with Gasteiger partial charge in [-0.2, -0.15) is 0 Å². The maximum Gasteiger partial charge on any atom is 0.306 e. The molecule has 1 atom stereocenters. The predicted molar refractivity (Wildman–Crippen MR) is 343 cm³/mol. The van der Waals surface area contributed by atoms with E-state index in [1.54, 1.807) is 0 Å². The van der Waals surface area contributed by atoms with Gasteiger partial charge < -0.3 is 14.2 Å². The van der Waals surface area contributed by atoms with Crippen molar-refractivity contribution in [3.05, 3.63) is 146 Å². The van der Waals surface area contributed by atoms with E-state index < -0.39 is 6.10 Å². The second-order valence-corrected chi connectivity index (χ2v) is 20.9. The number of unbranched alkanes of at least 4 members (excludes halogenated alkanes) is 22. The van der Waals surface area contributed by atoms with E-state index in [9.17, 15) is 14.4 Å². The van der Waals surface area contributed by atoms with Crippen molar-refractivity contribution in [1.82, 2.24) is 0 Å². The van der Waals surface area contributed by atoms with E-state index >= 15 is 0 Å². The van der Waals surface area contributed by atoms with Crippen LogP contribution < -0.4 is 0 Å². The molecule has 0 amide bonds. The van der Waals surface area contributed by atoms with E-state index in [2.05, 4.69) is 161 Å². The second kappa shape index (κ2) is 65.8. The lowest BCUT2D eigenvalue weighted by Crippen LogP contribution is -2.30. The van der Waals surface area contributed by atoms with Crippen molar-refractivity contribution in [3.63, 3.8) is 0 Å². The molecular formula is C73H118O6. The van der Waals surface area contributed by atoms with Gasteiger partial charge in [-0.05, 0) is 135 Å². The second-order valence-electron chi connectivity index (χ2n) is 20.9. The number of carbonyl (C=O) groups is 3. The zero-order valence-corrected chi connectivity index (χ0v) is 51.1. The Labute approximate surface area is 487 Å². The molecule has 0 rings (SSSR count). The third-order valence-corrected chi connectivity index (χ3v) is 13.3. The lowest BCUT2D eigenvalue weighted by atomic mass is 10.1. The minimum absolute atomic E-state index is 0.119. The molecule has 0 N–H and O–H groups in total. The van der Waals surface area contributed by atoms with Gasteiger partial charge in [-0.25, -0.2) is 0 Å². The third-order valence-electron chi connectivity index (χ3n) is 13.3. The van der Waals surface area contributed by atoms with Gasteiger partial charge in [-0.3, -0.25) is 14.4 Å². The highest BCUT2D eigenvalue weighted by Crippen LogP contribution is 2.14. The predicted octanol–water partition coefficient (Wildman–Crippen LogP) is 22.3. The Balaban J connectivity index is 4.57. The van der Waals surface area contributed by atoms with E-state index in [1.807, 2.05) is 6.08 Å². The first-order chi connectivity index (χ1) is 39.0. The topological polar surface area (TPSA) is 78.9 Å². The summed E-state index contributed by atoms with van der Waals surface area (Å²) in [4.78, 5) is 38.3. The van der Waals surface area contributed by atoms with Crippen LogP contribution in [0.2, 0.25) is 0 Å². The molecule has 0 aromatic carbocycles. The zero-order chi connectivity index (χ0) is 57.1. The number of ether oxygens (including phenoxy) is 3. The lowest BCUT2D eigenvalue weighted by molar-refractivity contribution is -0.166. The Bertz CT molecular complexity index is 1730. The van der Waals surface area contributed by atoms with Crippen LogP contribution in [-0.2, 0) is 28.6 Å². The normalized spacial score (nSPS) is 13.1. The molecule has 1 unspecified atom stereocenters. The lowest BCUT2D eigenvalue weighted by Gasteiger charge is -2.18. The molecule has 0 spiro atoms. The highest BCUT2D eigenvalue weighted by Gasteiger charge is 2.19. The summed E-state index contributed by atoms with van der Waals surface area (Å²) in [5, 5.41) is 0. The molecule has 0 aliphatic rings. The minimum Gasteiger partial charge on any atom is -0.462 e. The molecule has 0 saturated carbocycles. The van der Waals surface area contributed by atoms with Crippen LogP contribution in [0.1, 0.15) is 278 Å². The van der Waals surface area contributed by atoms with Crippen molar-refractivity contribution in [1.29, 1.82) is 0 Å². The van der Waals surface area contributed by atoms with E-state index in [-0.39, 0.29) is 44.0 Å². The summed E-state index contributed by atoms with van der Waals surface area (Å²) in [6.45, 7) is 6.42. The van der Waals surface area contributed by atoms with Crippen molar-refractivity contribution < 1.29 is 28.6 Å². The van der Waals surface area contributed by atoms with Crippen molar-refractivity contribution >= 4 is 17.9 Å². The summed E-state index contributed by atoms with van der Waals surface area (Å²) in [5.74, 6) is -1.03.